The maximum absolute atomic E-state index is 10.1. The van der Waals surface area contributed by atoms with Crippen molar-refractivity contribution < 1.29 is 5.11 Å². The number of benzene rings is 1. The van der Waals surface area contributed by atoms with E-state index in [0.29, 0.717) is 0 Å². The molecular formula is C14H19IO. The average Bonchev–Trinajstić information content (AvgIpc) is 2.34. The number of allylic oxidation sites excluding steroid dienone is 1. The second-order valence-corrected chi connectivity index (χ2v) is 5.14. The summed E-state index contributed by atoms with van der Waals surface area (Å²) in [6.45, 7) is 2.20. The van der Waals surface area contributed by atoms with Gasteiger partial charge < -0.3 is 5.11 Å². The van der Waals surface area contributed by atoms with Crippen LogP contribution in [-0.2, 0) is 0 Å². The Balaban J connectivity index is 2.50. The number of hydrogen-bond donors (Lipinski definition) is 1. The average molecular weight is 330 g/mol. The van der Waals surface area contributed by atoms with E-state index < -0.39 is 6.10 Å². The SMILES string of the molecule is CCCCCC=C(I)C(O)c1ccccc1. The van der Waals surface area contributed by atoms with Gasteiger partial charge in [-0.15, -0.1) is 0 Å². The first-order chi connectivity index (χ1) is 7.75. The highest BCUT2D eigenvalue weighted by Gasteiger charge is 2.09. The predicted molar refractivity (Wildman–Crippen MR) is 77.6 cm³/mol. The Morgan fingerprint density at radius 3 is 2.62 bits per heavy atom. The van der Waals surface area contributed by atoms with Gasteiger partial charge in [-0.25, -0.2) is 0 Å². The van der Waals surface area contributed by atoms with Crippen LogP contribution in [0.5, 0.6) is 0 Å². The molecule has 0 saturated heterocycles. The molecule has 0 radical (unpaired) electrons. The fourth-order valence-corrected chi connectivity index (χ4v) is 2.21. The van der Waals surface area contributed by atoms with Crippen molar-refractivity contribution in [3.05, 3.63) is 45.6 Å². The van der Waals surface area contributed by atoms with Gasteiger partial charge >= 0.3 is 0 Å². The number of unbranched alkanes of at least 4 members (excludes halogenated alkanes) is 3. The van der Waals surface area contributed by atoms with Crippen LogP contribution in [0.2, 0.25) is 0 Å². The highest BCUT2D eigenvalue weighted by molar-refractivity contribution is 14.1. The van der Waals surface area contributed by atoms with E-state index in [4.69, 9.17) is 0 Å². The predicted octanol–water partition coefficient (Wildman–Crippen LogP) is 4.62. The first-order valence-electron chi connectivity index (χ1n) is 5.84. The van der Waals surface area contributed by atoms with E-state index in [1.54, 1.807) is 0 Å². The normalized spacial score (nSPS) is 13.8. The minimum absolute atomic E-state index is 0.455. The van der Waals surface area contributed by atoms with Crippen molar-refractivity contribution in [2.45, 2.75) is 38.7 Å². The maximum atomic E-state index is 10.1. The van der Waals surface area contributed by atoms with Gasteiger partial charge in [-0.05, 0) is 41.0 Å². The van der Waals surface area contributed by atoms with Gasteiger partial charge in [-0.2, -0.15) is 0 Å². The van der Waals surface area contributed by atoms with Crippen LogP contribution in [0.1, 0.15) is 44.3 Å². The van der Waals surface area contributed by atoms with E-state index in [1.165, 1.54) is 19.3 Å². The van der Waals surface area contributed by atoms with Crippen molar-refractivity contribution in [3.63, 3.8) is 0 Å². The van der Waals surface area contributed by atoms with Crippen LogP contribution in [0.3, 0.4) is 0 Å². The lowest BCUT2D eigenvalue weighted by atomic mass is 10.1. The third-order valence-corrected chi connectivity index (χ3v) is 3.55. The van der Waals surface area contributed by atoms with E-state index in [9.17, 15) is 5.11 Å². The van der Waals surface area contributed by atoms with E-state index in [1.807, 2.05) is 30.3 Å². The second kappa shape index (κ2) is 7.85. The minimum atomic E-state index is -0.455. The first kappa shape index (κ1) is 13.7. The maximum Gasteiger partial charge on any atom is 0.109 e. The molecule has 0 bridgehead atoms. The molecular weight excluding hydrogens is 311 g/mol. The summed E-state index contributed by atoms with van der Waals surface area (Å²) in [5.74, 6) is 0. The Morgan fingerprint density at radius 2 is 2.00 bits per heavy atom. The van der Waals surface area contributed by atoms with Gasteiger partial charge in [0.25, 0.3) is 0 Å². The van der Waals surface area contributed by atoms with Gasteiger partial charge in [0.05, 0.1) is 0 Å². The van der Waals surface area contributed by atoms with Crippen molar-refractivity contribution in [2.24, 2.45) is 0 Å². The topological polar surface area (TPSA) is 20.2 Å². The standard InChI is InChI=1S/C14H19IO/c1-2-3-4-8-11-13(15)14(16)12-9-6-5-7-10-12/h5-7,9-11,14,16H,2-4,8H2,1H3. The van der Waals surface area contributed by atoms with Crippen LogP contribution < -0.4 is 0 Å². The molecule has 0 aromatic heterocycles. The number of aliphatic hydroxyl groups is 1. The molecule has 1 atom stereocenters. The van der Waals surface area contributed by atoms with Gasteiger partial charge in [-0.1, -0.05) is 56.2 Å². The summed E-state index contributed by atoms with van der Waals surface area (Å²) < 4.78 is 1.03. The molecule has 88 valence electrons. The molecule has 0 aliphatic rings. The van der Waals surface area contributed by atoms with E-state index >= 15 is 0 Å². The van der Waals surface area contributed by atoms with Crippen LogP contribution in [0, 0.1) is 0 Å². The van der Waals surface area contributed by atoms with Crippen molar-refractivity contribution in [3.8, 4) is 0 Å². The largest absolute Gasteiger partial charge is 0.383 e. The molecule has 0 aliphatic heterocycles. The molecule has 0 heterocycles. The van der Waals surface area contributed by atoms with Gasteiger partial charge in [0, 0.05) is 3.58 Å². The summed E-state index contributed by atoms with van der Waals surface area (Å²) in [6.07, 6.45) is 6.48. The lowest BCUT2D eigenvalue weighted by Gasteiger charge is -2.10. The molecule has 0 amide bonds. The Kier molecular flexibility index (Phi) is 6.73. The number of rotatable bonds is 6. The van der Waals surface area contributed by atoms with Crippen molar-refractivity contribution >= 4 is 22.6 Å². The van der Waals surface area contributed by atoms with Gasteiger partial charge in [-0.3, -0.25) is 0 Å². The molecule has 2 heteroatoms. The molecule has 1 unspecified atom stereocenters. The molecule has 0 fully saturated rings. The third-order valence-electron chi connectivity index (χ3n) is 2.52. The molecule has 1 nitrogen and oxygen atoms in total. The smallest absolute Gasteiger partial charge is 0.109 e. The van der Waals surface area contributed by atoms with Crippen molar-refractivity contribution in [2.75, 3.05) is 0 Å². The number of hydrogen-bond acceptors (Lipinski definition) is 1. The Labute approximate surface area is 112 Å². The number of halogens is 1. The molecule has 1 rings (SSSR count). The zero-order valence-corrected chi connectivity index (χ0v) is 11.9. The summed E-state index contributed by atoms with van der Waals surface area (Å²) in [7, 11) is 0. The van der Waals surface area contributed by atoms with Crippen LogP contribution in [0.15, 0.2) is 40.0 Å². The quantitative estimate of drug-likeness (QED) is 0.596. The van der Waals surface area contributed by atoms with Crippen LogP contribution in [0.25, 0.3) is 0 Å². The fourth-order valence-electron chi connectivity index (χ4n) is 1.54. The first-order valence-corrected chi connectivity index (χ1v) is 6.92. The molecule has 16 heavy (non-hydrogen) atoms. The van der Waals surface area contributed by atoms with E-state index in [2.05, 4.69) is 35.6 Å². The summed E-state index contributed by atoms with van der Waals surface area (Å²) in [4.78, 5) is 0. The summed E-state index contributed by atoms with van der Waals surface area (Å²) in [5.41, 5.74) is 0.971. The zero-order valence-electron chi connectivity index (χ0n) is 9.70. The van der Waals surface area contributed by atoms with Gasteiger partial charge in [0.15, 0.2) is 0 Å². The third kappa shape index (κ3) is 4.66. The minimum Gasteiger partial charge on any atom is -0.383 e. The summed E-state index contributed by atoms with van der Waals surface area (Å²) in [6, 6.07) is 9.81. The molecule has 0 aliphatic carbocycles. The number of aliphatic hydroxyl groups excluding tert-OH is 1. The second-order valence-electron chi connectivity index (χ2n) is 3.90. The molecule has 1 N–H and O–H groups in total. The van der Waals surface area contributed by atoms with E-state index in [-0.39, 0.29) is 0 Å². The lowest BCUT2D eigenvalue weighted by molar-refractivity contribution is 0.226. The monoisotopic (exact) mass is 330 g/mol. The lowest BCUT2D eigenvalue weighted by Crippen LogP contribution is -1.96. The Morgan fingerprint density at radius 1 is 1.31 bits per heavy atom. The van der Waals surface area contributed by atoms with Crippen molar-refractivity contribution in [1.82, 2.24) is 0 Å². The molecule has 1 aromatic rings. The highest BCUT2D eigenvalue weighted by atomic mass is 127. The highest BCUT2D eigenvalue weighted by Crippen LogP contribution is 2.27. The van der Waals surface area contributed by atoms with Gasteiger partial charge in [0.1, 0.15) is 6.10 Å². The Bertz CT molecular complexity index is 319. The molecule has 1 aromatic carbocycles. The van der Waals surface area contributed by atoms with E-state index in [0.717, 1.165) is 15.6 Å². The fraction of sp³-hybridized carbons (Fsp3) is 0.429. The zero-order chi connectivity index (χ0) is 11.8. The Hall–Kier alpha value is -0.350. The van der Waals surface area contributed by atoms with Gasteiger partial charge in [0.2, 0.25) is 0 Å². The molecule has 0 saturated carbocycles. The van der Waals surface area contributed by atoms with Crippen LogP contribution in [-0.4, -0.2) is 5.11 Å². The summed E-state index contributed by atoms with van der Waals surface area (Å²) >= 11 is 2.23. The van der Waals surface area contributed by atoms with Crippen LogP contribution >= 0.6 is 22.6 Å². The van der Waals surface area contributed by atoms with Crippen LogP contribution in [0.4, 0.5) is 0 Å². The summed E-state index contributed by atoms with van der Waals surface area (Å²) in [5, 5.41) is 10.1. The molecule has 0 spiro atoms. The van der Waals surface area contributed by atoms with Crippen molar-refractivity contribution in [1.29, 1.82) is 0 Å².